The van der Waals surface area contributed by atoms with Gasteiger partial charge >= 0.3 is 0 Å². The number of amides is 1. The quantitative estimate of drug-likeness (QED) is 0.764. The van der Waals surface area contributed by atoms with E-state index in [0.29, 0.717) is 30.3 Å². The van der Waals surface area contributed by atoms with Gasteiger partial charge in [0.2, 0.25) is 0 Å². The Kier molecular flexibility index (Phi) is 3.76. The largest absolute Gasteiger partial charge is 0.497 e. The predicted octanol–water partition coefficient (Wildman–Crippen LogP) is 1.89. The van der Waals surface area contributed by atoms with Gasteiger partial charge in [-0.25, -0.2) is 9.97 Å². The lowest BCUT2D eigenvalue weighted by Crippen LogP contribution is -2.26. The number of aromatic amines is 1. The standard InChI is InChI=1S/C18H19N5O2/c1-23-7-6-19-17(23)16-21-14-9-12(10-20-18(24)15(14)22-16)11-4-3-5-13(8-11)25-2/h3-8,12H,9-10H2,1-2H3,(H,20,24)(H,21,22)/t12-/m1/s1. The van der Waals surface area contributed by atoms with E-state index in [9.17, 15) is 4.79 Å². The van der Waals surface area contributed by atoms with Crippen LogP contribution in [0.25, 0.3) is 11.6 Å². The number of hydrogen-bond donors (Lipinski definition) is 2. The second-order valence-corrected chi connectivity index (χ2v) is 6.16. The molecule has 0 bridgehead atoms. The molecule has 7 heteroatoms. The van der Waals surface area contributed by atoms with Gasteiger partial charge in [-0.15, -0.1) is 0 Å². The van der Waals surface area contributed by atoms with Gasteiger partial charge in [-0.05, 0) is 24.1 Å². The van der Waals surface area contributed by atoms with Crippen LogP contribution in [-0.4, -0.2) is 39.1 Å². The first kappa shape index (κ1) is 15.4. The zero-order valence-corrected chi connectivity index (χ0v) is 14.1. The molecule has 1 aromatic carbocycles. The van der Waals surface area contributed by atoms with Crippen molar-refractivity contribution in [1.82, 2.24) is 24.8 Å². The third-order valence-electron chi connectivity index (χ3n) is 4.55. The molecule has 2 aromatic heterocycles. The second-order valence-electron chi connectivity index (χ2n) is 6.16. The molecule has 4 rings (SSSR count). The highest BCUT2D eigenvalue weighted by molar-refractivity contribution is 5.94. The highest BCUT2D eigenvalue weighted by Crippen LogP contribution is 2.28. The van der Waals surface area contributed by atoms with Gasteiger partial charge in [-0.1, -0.05) is 12.1 Å². The van der Waals surface area contributed by atoms with Crippen LogP contribution < -0.4 is 10.1 Å². The molecule has 128 valence electrons. The zero-order chi connectivity index (χ0) is 17.4. The Balaban J connectivity index is 1.70. The number of rotatable bonds is 3. The number of nitrogens with zero attached hydrogens (tertiary/aromatic N) is 3. The Labute approximate surface area is 145 Å². The molecular formula is C18H19N5O2. The summed E-state index contributed by atoms with van der Waals surface area (Å²) in [6.07, 6.45) is 4.25. The minimum atomic E-state index is -0.155. The highest BCUT2D eigenvalue weighted by Gasteiger charge is 2.27. The summed E-state index contributed by atoms with van der Waals surface area (Å²) in [6.45, 7) is 0.563. The monoisotopic (exact) mass is 337 g/mol. The number of fused-ring (bicyclic) bond motifs is 1. The predicted molar refractivity (Wildman–Crippen MR) is 92.6 cm³/mol. The number of carbonyl (C=O) groups excluding carboxylic acids is 1. The number of aromatic nitrogens is 4. The van der Waals surface area contributed by atoms with Crippen molar-refractivity contribution in [1.29, 1.82) is 0 Å². The van der Waals surface area contributed by atoms with Gasteiger partial charge in [0.1, 0.15) is 11.4 Å². The number of benzene rings is 1. The van der Waals surface area contributed by atoms with Crippen LogP contribution >= 0.6 is 0 Å². The van der Waals surface area contributed by atoms with Crippen LogP contribution in [0, 0.1) is 0 Å². The van der Waals surface area contributed by atoms with Crippen LogP contribution in [0.15, 0.2) is 36.7 Å². The van der Waals surface area contributed by atoms with Gasteiger partial charge in [0, 0.05) is 37.6 Å². The van der Waals surface area contributed by atoms with Crippen molar-refractivity contribution in [3.05, 3.63) is 53.6 Å². The van der Waals surface area contributed by atoms with Gasteiger partial charge in [0.05, 0.1) is 7.11 Å². The lowest BCUT2D eigenvalue weighted by Gasteiger charge is -2.15. The lowest BCUT2D eigenvalue weighted by molar-refractivity contribution is 0.0950. The van der Waals surface area contributed by atoms with Gasteiger partial charge in [-0.3, -0.25) is 4.79 Å². The van der Waals surface area contributed by atoms with Crippen molar-refractivity contribution >= 4 is 5.91 Å². The number of H-pyrrole nitrogens is 1. The average molecular weight is 337 g/mol. The van der Waals surface area contributed by atoms with Crippen molar-refractivity contribution in [3.8, 4) is 17.4 Å². The molecule has 0 unspecified atom stereocenters. The maximum atomic E-state index is 12.4. The summed E-state index contributed by atoms with van der Waals surface area (Å²) in [5.74, 6) is 2.12. The topological polar surface area (TPSA) is 84.8 Å². The summed E-state index contributed by atoms with van der Waals surface area (Å²) in [5, 5.41) is 2.97. The molecule has 0 aliphatic carbocycles. The summed E-state index contributed by atoms with van der Waals surface area (Å²) in [6, 6.07) is 7.95. The summed E-state index contributed by atoms with van der Waals surface area (Å²) < 4.78 is 7.19. The minimum Gasteiger partial charge on any atom is -0.497 e. The number of imidazole rings is 2. The molecule has 3 heterocycles. The fourth-order valence-corrected chi connectivity index (χ4v) is 3.19. The molecule has 25 heavy (non-hydrogen) atoms. The average Bonchev–Trinajstić information content (AvgIpc) is 3.20. The van der Waals surface area contributed by atoms with E-state index in [0.717, 1.165) is 17.0 Å². The van der Waals surface area contributed by atoms with E-state index in [1.807, 2.05) is 36.0 Å². The normalized spacial score (nSPS) is 16.9. The Morgan fingerprint density at radius 3 is 3.00 bits per heavy atom. The summed E-state index contributed by atoms with van der Waals surface area (Å²) >= 11 is 0. The van der Waals surface area contributed by atoms with Crippen LogP contribution in [0.1, 0.15) is 27.7 Å². The summed E-state index contributed by atoms with van der Waals surface area (Å²) in [4.78, 5) is 24.5. The third kappa shape index (κ3) is 2.77. The first-order valence-electron chi connectivity index (χ1n) is 8.14. The number of ether oxygens (including phenoxy) is 1. The molecule has 3 aromatic rings. The van der Waals surface area contributed by atoms with Crippen molar-refractivity contribution in [3.63, 3.8) is 0 Å². The number of nitrogens with one attached hydrogen (secondary N) is 2. The van der Waals surface area contributed by atoms with Crippen LogP contribution in [0.2, 0.25) is 0 Å². The van der Waals surface area contributed by atoms with Crippen molar-refractivity contribution < 1.29 is 9.53 Å². The van der Waals surface area contributed by atoms with E-state index < -0.39 is 0 Å². The van der Waals surface area contributed by atoms with E-state index in [2.05, 4.69) is 26.3 Å². The molecule has 1 amide bonds. The number of carbonyl (C=O) groups is 1. The van der Waals surface area contributed by atoms with E-state index in [1.165, 1.54) is 0 Å². The van der Waals surface area contributed by atoms with Gasteiger partial charge in [0.15, 0.2) is 11.6 Å². The van der Waals surface area contributed by atoms with Crippen molar-refractivity contribution in [2.24, 2.45) is 7.05 Å². The third-order valence-corrected chi connectivity index (χ3v) is 4.55. The molecule has 0 saturated heterocycles. The Hall–Kier alpha value is -3.09. The van der Waals surface area contributed by atoms with Crippen LogP contribution in [0.5, 0.6) is 5.75 Å². The molecule has 0 saturated carbocycles. The Bertz CT molecular complexity index is 927. The minimum absolute atomic E-state index is 0.148. The van der Waals surface area contributed by atoms with E-state index in [4.69, 9.17) is 4.74 Å². The molecular weight excluding hydrogens is 318 g/mol. The maximum Gasteiger partial charge on any atom is 0.271 e. The van der Waals surface area contributed by atoms with E-state index in [-0.39, 0.29) is 11.8 Å². The van der Waals surface area contributed by atoms with Gasteiger partial charge in [0.25, 0.3) is 5.91 Å². The fourth-order valence-electron chi connectivity index (χ4n) is 3.19. The smallest absolute Gasteiger partial charge is 0.271 e. The lowest BCUT2D eigenvalue weighted by atomic mass is 9.94. The molecule has 1 atom stereocenters. The SMILES string of the molecule is COc1cccc([C@H]2CNC(=O)c3nc(-c4nccn4C)[nH]c3C2)c1. The molecule has 1 aliphatic rings. The van der Waals surface area contributed by atoms with Gasteiger partial charge < -0.3 is 19.6 Å². The number of methoxy groups -OCH3 is 1. The molecule has 0 radical (unpaired) electrons. The first-order chi connectivity index (χ1) is 12.2. The van der Waals surface area contributed by atoms with Crippen LogP contribution in [0.4, 0.5) is 0 Å². The first-order valence-corrected chi connectivity index (χ1v) is 8.14. The number of aryl methyl sites for hydroxylation is 1. The summed E-state index contributed by atoms with van der Waals surface area (Å²) in [5.41, 5.74) is 2.41. The van der Waals surface area contributed by atoms with Crippen LogP contribution in [0.3, 0.4) is 0 Å². The highest BCUT2D eigenvalue weighted by atomic mass is 16.5. The Morgan fingerprint density at radius 2 is 2.24 bits per heavy atom. The molecule has 0 spiro atoms. The summed E-state index contributed by atoms with van der Waals surface area (Å²) in [7, 11) is 3.55. The molecule has 0 fully saturated rings. The van der Waals surface area contributed by atoms with E-state index >= 15 is 0 Å². The fraction of sp³-hybridized carbons (Fsp3) is 0.278. The maximum absolute atomic E-state index is 12.4. The van der Waals surface area contributed by atoms with Crippen molar-refractivity contribution in [2.45, 2.75) is 12.3 Å². The Morgan fingerprint density at radius 1 is 1.36 bits per heavy atom. The zero-order valence-electron chi connectivity index (χ0n) is 14.1. The van der Waals surface area contributed by atoms with Crippen molar-refractivity contribution in [2.75, 3.05) is 13.7 Å². The number of hydrogen-bond acceptors (Lipinski definition) is 4. The van der Waals surface area contributed by atoms with Crippen LogP contribution in [-0.2, 0) is 13.5 Å². The van der Waals surface area contributed by atoms with E-state index in [1.54, 1.807) is 13.3 Å². The molecule has 1 aliphatic heterocycles. The second kappa shape index (κ2) is 6.08. The molecule has 7 nitrogen and oxygen atoms in total. The van der Waals surface area contributed by atoms with Gasteiger partial charge in [-0.2, -0.15) is 0 Å². The molecule has 2 N–H and O–H groups in total.